The molecule has 0 radical (unpaired) electrons. The zero-order valence-electron chi connectivity index (χ0n) is 10.9. The lowest BCUT2D eigenvalue weighted by atomic mass is 10.1. The Morgan fingerprint density at radius 1 is 1.25 bits per heavy atom. The van der Waals surface area contributed by atoms with Gasteiger partial charge in [-0.25, -0.2) is 0 Å². The van der Waals surface area contributed by atoms with E-state index in [1.54, 1.807) is 0 Å². The molecule has 1 atom stereocenters. The van der Waals surface area contributed by atoms with E-state index in [4.69, 9.17) is 0 Å². The Balaban J connectivity index is 2.07. The molecule has 0 spiro atoms. The van der Waals surface area contributed by atoms with Crippen molar-refractivity contribution >= 4 is 0 Å². The molecular formula is C14H28N2. The van der Waals surface area contributed by atoms with Gasteiger partial charge >= 0.3 is 0 Å². The van der Waals surface area contributed by atoms with Crippen molar-refractivity contribution in [1.82, 2.24) is 10.2 Å². The molecule has 0 aliphatic carbocycles. The maximum atomic E-state index is 3.76. The predicted octanol–water partition coefficient (Wildman–Crippen LogP) is 2.81. The van der Waals surface area contributed by atoms with Gasteiger partial charge < -0.3 is 10.2 Å². The van der Waals surface area contributed by atoms with E-state index in [1.165, 1.54) is 64.6 Å². The first-order valence-electron chi connectivity index (χ1n) is 6.86. The summed E-state index contributed by atoms with van der Waals surface area (Å²) in [5.74, 6) is 0. The first kappa shape index (κ1) is 13.7. The molecule has 0 aromatic rings. The van der Waals surface area contributed by atoms with E-state index in [1.807, 2.05) is 6.08 Å². The minimum Gasteiger partial charge on any atom is -0.317 e. The molecule has 0 bridgehead atoms. The highest BCUT2D eigenvalue weighted by Crippen LogP contribution is 2.12. The van der Waals surface area contributed by atoms with E-state index in [0.29, 0.717) is 0 Å². The standard InChI is InChI=1S/C14H28N2/c1-3-4-5-6-7-13-16(2)14-9-8-11-15-12-10-14/h3,14-15H,1,4-13H2,2H3. The van der Waals surface area contributed by atoms with E-state index in [2.05, 4.69) is 23.8 Å². The van der Waals surface area contributed by atoms with Crippen molar-refractivity contribution in [2.24, 2.45) is 0 Å². The summed E-state index contributed by atoms with van der Waals surface area (Å²) in [6, 6.07) is 0.814. The molecule has 1 N–H and O–H groups in total. The van der Waals surface area contributed by atoms with E-state index in [-0.39, 0.29) is 0 Å². The van der Waals surface area contributed by atoms with Crippen LogP contribution in [0, 0.1) is 0 Å². The van der Waals surface area contributed by atoms with Gasteiger partial charge in [-0.05, 0) is 65.2 Å². The Labute approximate surface area is 101 Å². The van der Waals surface area contributed by atoms with Crippen LogP contribution < -0.4 is 5.32 Å². The third kappa shape index (κ3) is 5.66. The summed E-state index contributed by atoms with van der Waals surface area (Å²) in [6.07, 6.45) is 11.2. The second kappa shape index (κ2) is 8.77. The number of hydrogen-bond donors (Lipinski definition) is 1. The highest BCUT2D eigenvalue weighted by molar-refractivity contribution is 4.74. The monoisotopic (exact) mass is 224 g/mol. The smallest absolute Gasteiger partial charge is 0.0105 e. The normalized spacial score (nSPS) is 22.0. The molecule has 0 amide bonds. The maximum absolute atomic E-state index is 3.76. The van der Waals surface area contributed by atoms with Gasteiger partial charge in [0, 0.05) is 6.04 Å². The second-order valence-electron chi connectivity index (χ2n) is 4.95. The maximum Gasteiger partial charge on any atom is 0.0105 e. The van der Waals surface area contributed by atoms with Crippen LogP contribution in [-0.2, 0) is 0 Å². The van der Waals surface area contributed by atoms with Gasteiger partial charge in [-0.2, -0.15) is 0 Å². The summed E-state index contributed by atoms with van der Waals surface area (Å²) in [4.78, 5) is 2.57. The molecule has 1 fully saturated rings. The molecule has 94 valence electrons. The van der Waals surface area contributed by atoms with Gasteiger partial charge in [0.2, 0.25) is 0 Å². The van der Waals surface area contributed by atoms with Crippen LogP contribution in [0.15, 0.2) is 12.7 Å². The van der Waals surface area contributed by atoms with Crippen molar-refractivity contribution in [2.45, 2.75) is 51.0 Å². The Morgan fingerprint density at radius 3 is 2.94 bits per heavy atom. The molecule has 1 saturated heterocycles. The first-order chi connectivity index (χ1) is 7.84. The largest absolute Gasteiger partial charge is 0.317 e. The minimum atomic E-state index is 0.814. The van der Waals surface area contributed by atoms with Crippen LogP contribution in [0.2, 0.25) is 0 Å². The van der Waals surface area contributed by atoms with E-state index >= 15 is 0 Å². The van der Waals surface area contributed by atoms with Gasteiger partial charge in [0.05, 0.1) is 0 Å². The lowest BCUT2D eigenvalue weighted by molar-refractivity contribution is 0.220. The topological polar surface area (TPSA) is 15.3 Å². The molecule has 0 aromatic heterocycles. The van der Waals surface area contributed by atoms with Crippen LogP contribution in [0.4, 0.5) is 0 Å². The molecule has 2 heteroatoms. The van der Waals surface area contributed by atoms with Crippen LogP contribution in [0.1, 0.15) is 44.9 Å². The molecule has 2 nitrogen and oxygen atoms in total. The highest BCUT2D eigenvalue weighted by atomic mass is 15.1. The molecule has 1 heterocycles. The number of nitrogens with zero attached hydrogens (tertiary/aromatic N) is 1. The number of unbranched alkanes of at least 4 members (excludes halogenated alkanes) is 3. The Bertz CT molecular complexity index is 172. The van der Waals surface area contributed by atoms with Gasteiger partial charge in [-0.1, -0.05) is 12.5 Å². The molecule has 1 aliphatic rings. The molecule has 0 saturated carbocycles. The van der Waals surface area contributed by atoms with Crippen molar-refractivity contribution in [3.8, 4) is 0 Å². The average Bonchev–Trinajstić information content (AvgIpc) is 2.57. The fraction of sp³-hybridized carbons (Fsp3) is 0.857. The second-order valence-corrected chi connectivity index (χ2v) is 4.95. The number of hydrogen-bond acceptors (Lipinski definition) is 2. The van der Waals surface area contributed by atoms with Crippen molar-refractivity contribution < 1.29 is 0 Å². The third-order valence-electron chi connectivity index (χ3n) is 3.59. The summed E-state index contributed by atoms with van der Waals surface area (Å²) < 4.78 is 0. The Kier molecular flexibility index (Phi) is 7.52. The van der Waals surface area contributed by atoms with Crippen molar-refractivity contribution in [3.63, 3.8) is 0 Å². The van der Waals surface area contributed by atoms with Gasteiger partial charge in [0.15, 0.2) is 0 Å². The van der Waals surface area contributed by atoms with Gasteiger partial charge in [0.1, 0.15) is 0 Å². The fourth-order valence-corrected chi connectivity index (χ4v) is 2.45. The molecular weight excluding hydrogens is 196 g/mol. The van der Waals surface area contributed by atoms with Crippen LogP contribution >= 0.6 is 0 Å². The quantitative estimate of drug-likeness (QED) is 0.528. The average molecular weight is 224 g/mol. The van der Waals surface area contributed by atoms with Crippen LogP contribution in [0.5, 0.6) is 0 Å². The summed E-state index contributed by atoms with van der Waals surface area (Å²) >= 11 is 0. The minimum absolute atomic E-state index is 0.814. The number of rotatable bonds is 7. The van der Waals surface area contributed by atoms with Gasteiger partial charge in [-0.15, -0.1) is 6.58 Å². The third-order valence-corrected chi connectivity index (χ3v) is 3.59. The van der Waals surface area contributed by atoms with Crippen molar-refractivity contribution in [1.29, 1.82) is 0 Å². The SMILES string of the molecule is C=CCCCCCN(C)C1CCCNCC1. The fourth-order valence-electron chi connectivity index (χ4n) is 2.45. The Hall–Kier alpha value is -0.340. The van der Waals surface area contributed by atoms with Crippen LogP contribution in [0.25, 0.3) is 0 Å². The molecule has 1 aliphatic heterocycles. The number of allylic oxidation sites excluding steroid dienone is 1. The lowest BCUT2D eigenvalue weighted by Crippen LogP contribution is -2.33. The lowest BCUT2D eigenvalue weighted by Gasteiger charge is -2.26. The molecule has 0 aromatic carbocycles. The van der Waals surface area contributed by atoms with E-state index in [0.717, 1.165) is 6.04 Å². The summed E-state index contributed by atoms with van der Waals surface area (Å²) in [5, 5.41) is 3.48. The zero-order chi connectivity index (χ0) is 11.6. The zero-order valence-corrected chi connectivity index (χ0v) is 10.9. The van der Waals surface area contributed by atoms with Crippen molar-refractivity contribution in [2.75, 3.05) is 26.7 Å². The van der Waals surface area contributed by atoms with Crippen molar-refractivity contribution in [3.05, 3.63) is 12.7 Å². The van der Waals surface area contributed by atoms with E-state index in [9.17, 15) is 0 Å². The predicted molar refractivity (Wildman–Crippen MR) is 71.8 cm³/mol. The summed E-state index contributed by atoms with van der Waals surface area (Å²) in [7, 11) is 2.30. The number of nitrogens with one attached hydrogen (secondary N) is 1. The molecule has 16 heavy (non-hydrogen) atoms. The highest BCUT2D eigenvalue weighted by Gasteiger charge is 2.15. The van der Waals surface area contributed by atoms with Gasteiger partial charge in [-0.3, -0.25) is 0 Å². The van der Waals surface area contributed by atoms with Crippen LogP contribution in [-0.4, -0.2) is 37.6 Å². The van der Waals surface area contributed by atoms with Crippen LogP contribution in [0.3, 0.4) is 0 Å². The summed E-state index contributed by atoms with van der Waals surface area (Å²) in [6.45, 7) is 7.44. The molecule has 1 unspecified atom stereocenters. The first-order valence-corrected chi connectivity index (χ1v) is 6.86. The van der Waals surface area contributed by atoms with E-state index < -0.39 is 0 Å². The Morgan fingerprint density at radius 2 is 2.12 bits per heavy atom. The van der Waals surface area contributed by atoms with Gasteiger partial charge in [0.25, 0.3) is 0 Å². The molecule has 1 rings (SSSR count). The summed E-state index contributed by atoms with van der Waals surface area (Å²) in [5.41, 5.74) is 0.